The highest BCUT2D eigenvalue weighted by Gasteiger charge is 2.01. The summed E-state index contributed by atoms with van der Waals surface area (Å²) in [6, 6.07) is 17.1. The molecule has 1 atom stereocenters. The first kappa shape index (κ1) is 13.1. The fourth-order valence-electron chi connectivity index (χ4n) is 1.86. The van der Waals surface area contributed by atoms with Crippen LogP contribution in [0.25, 0.3) is 6.08 Å². The number of allylic oxidation sites excluding steroid dienone is 1. The smallest absolute Gasteiger partial charge is 0.335 e. The summed E-state index contributed by atoms with van der Waals surface area (Å²) in [6.07, 6.45) is 4.13. The van der Waals surface area contributed by atoms with Crippen molar-refractivity contribution in [3.05, 3.63) is 77.4 Å². The lowest BCUT2D eigenvalue weighted by molar-refractivity contribution is 0.0697. The molecule has 0 amide bonds. The third-order valence-corrected chi connectivity index (χ3v) is 3.06. The van der Waals surface area contributed by atoms with Crippen LogP contribution < -0.4 is 0 Å². The van der Waals surface area contributed by atoms with Crippen LogP contribution in [0.15, 0.2) is 60.7 Å². The van der Waals surface area contributed by atoms with E-state index in [0.717, 1.165) is 5.56 Å². The van der Waals surface area contributed by atoms with E-state index in [0.29, 0.717) is 11.5 Å². The van der Waals surface area contributed by atoms with Crippen LogP contribution >= 0.6 is 0 Å². The Morgan fingerprint density at radius 3 is 2.26 bits per heavy atom. The van der Waals surface area contributed by atoms with Gasteiger partial charge in [-0.2, -0.15) is 0 Å². The predicted molar refractivity (Wildman–Crippen MR) is 77.3 cm³/mol. The third-order valence-electron chi connectivity index (χ3n) is 3.06. The van der Waals surface area contributed by atoms with Gasteiger partial charge in [-0.3, -0.25) is 0 Å². The monoisotopic (exact) mass is 252 g/mol. The van der Waals surface area contributed by atoms with Gasteiger partial charge in [0.2, 0.25) is 0 Å². The Kier molecular flexibility index (Phi) is 4.14. The first-order chi connectivity index (χ1) is 9.16. The highest BCUT2D eigenvalue weighted by Crippen LogP contribution is 2.17. The molecular weight excluding hydrogens is 236 g/mol. The molecule has 2 rings (SSSR count). The maximum atomic E-state index is 10.7. The van der Waals surface area contributed by atoms with Crippen LogP contribution in [0.4, 0.5) is 0 Å². The number of aromatic carboxylic acids is 1. The predicted octanol–water partition coefficient (Wildman–Crippen LogP) is 4.20. The minimum atomic E-state index is -0.895. The molecule has 96 valence electrons. The van der Waals surface area contributed by atoms with Crippen molar-refractivity contribution in [3.63, 3.8) is 0 Å². The van der Waals surface area contributed by atoms with E-state index in [1.165, 1.54) is 5.56 Å². The molecule has 19 heavy (non-hydrogen) atoms. The quantitative estimate of drug-likeness (QED) is 0.885. The van der Waals surface area contributed by atoms with Crippen LogP contribution in [0, 0.1) is 0 Å². The number of carboxylic acids is 1. The van der Waals surface area contributed by atoms with E-state index in [9.17, 15) is 4.79 Å². The summed E-state index contributed by atoms with van der Waals surface area (Å²) in [7, 11) is 0. The molecule has 0 saturated heterocycles. The second-order valence-corrected chi connectivity index (χ2v) is 4.49. The molecule has 0 aliphatic heterocycles. The summed E-state index contributed by atoms with van der Waals surface area (Å²) in [4.78, 5) is 10.7. The van der Waals surface area contributed by atoms with E-state index in [-0.39, 0.29) is 0 Å². The Morgan fingerprint density at radius 2 is 1.68 bits per heavy atom. The van der Waals surface area contributed by atoms with E-state index >= 15 is 0 Å². The molecule has 2 aromatic carbocycles. The average molecular weight is 252 g/mol. The Hall–Kier alpha value is -2.35. The Balaban J connectivity index is 2.08. The van der Waals surface area contributed by atoms with Crippen LogP contribution in [-0.4, -0.2) is 11.1 Å². The molecule has 1 N–H and O–H groups in total. The van der Waals surface area contributed by atoms with Crippen LogP contribution in [0.1, 0.15) is 34.3 Å². The van der Waals surface area contributed by atoms with Gasteiger partial charge in [0.25, 0.3) is 0 Å². The molecular formula is C17H16O2. The van der Waals surface area contributed by atoms with Gasteiger partial charge in [0.15, 0.2) is 0 Å². The molecule has 2 heteroatoms. The zero-order valence-electron chi connectivity index (χ0n) is 10.8. The van der Waals surface area contributed by atoms with Gasteiger partial charge >= 0.3 is 5.97 Å². The molecule has 0 heterocycles. The summed E-state index contributed by atoms with van der Waals surface area (Å²) >= 11 is 0. The van der Waals surface area contributed by atoms with Gasteiger partial charge in [-0.25, -0.2) is 4.79 Å². The summed E-state index contributed by atoms with van der Waals surface area (Å²) in [5.41, 5.74) is 2.59. The second kappa shape index (κ2) is 6.01. The fourth-order valence-corrected chi connectivity index (χ4v) is 1.86. The van der Waals surface area contributed by atoms with Crippen molar-refractivity contribution in [2.45, 2.75) is 12.8 Å². The van der Waals surface area contributed by atoms with Gasteiger partial charge in [-0.05, 0) is 29.2 Å². The molecule has 0 radical (unpaired) electrons. The maximum Gasteiger partial charge on any atom is 0.335 e. The molecule has 2 aromatic rings. The second-order valence-electron chi connectivity index (χ2n) is 4.49. The fraction of sp³-hybridized carbons (Fsp3) is 0.118. The lowest BCUT2D eigenvalue weighted by Gasteiger charge is -2.05. The Bertz CT molecular complexity index is 568. The maximum absolute atomic E-state index is 10.7. The molecule has 0 spiro atoms. The number of carbonyl (C=O) groups is 1. The zero-order chi connectivity index (χ0) is 13.7. The minimum absolute atomic E-state index is 0.313. The van der Waals surface area contributed by atoms with Crippen molar-refractivity contribution in [2.75, 3.05) is 0 Å². The van der Waals surface area contributed by atoms with Crippen LogP contribution in [0.2, 0.25) is 0 Å². The molecule has 0 aliphatic rings. The van der Waals surface area contributed by atoms with Crippen molar-refractivity contribution in [2.24, 2.45) is 0 Å². The van der Waals surface area contributed by atoms with Gasteiger partial charge in [0.1, 0.15) is 0 Å². The lowest BCUT2D eigenvalue weighted by atomic mass is 10.00. The number of hydrogen-bond acceptors (Lipinski definition) is 1. The van der Waals surface area contributed by atoms with Gasteiger partial charge in [0.05, 0.1) is 5.56 Å². The average Bonchev–Trinajstić information content (AvgIpc) is 2.46. The van der Waals surface area contributed by atoms with Crippen LogP contribution in [-0.2, 0) is 0 Å². The van der Waals surface area contributed by atoms with Crippen LogP contribution in [0.3, 0.4) is 0 Å². The molecule has 0 aliphatic carbocycles. The van der Waals surface area contributed by atoms with E-state index in [1.807, 2.05) is 36.4 Å². The van der Waals surface area contributed by atoms with E-state index < -0.39 is 5.97 Å². The lowest BCUT2D eigenvalue weighted by Crippen LogP contribution is -1.94. The van der Waals surface area contributed by atoms with Crippen molar-refractivity contribution < 1.29 is 9.90 Å². The number of benzene rings is 2. The largest absolute Gasteiger partial charge is 0.478 e. The summed E-state index contributed by atoms with van der Waals surface area (Å²) in [5, 5.41) is 8.82. The Morgan fingerprint density at radius 1 is 1.05 bits per heavy atom. The number of carboxylic acid groups (broad SMARTS) is 1. The van der Waals surface area contributed by atoms with Gasteiger partial charge < -0.3 is 5.11 Å². The highest BCUT2D eigenvalue weighted by atomic mass is 16.4. The summed E-state index contributed by atoms with van der Waals surface area (Å²) in [6.45, 7) is 2.14. The minimum Gasteiger partial charge on any atom is -0.478 e. The third kappa shape index (κ3) is 3.55. The van der Waals surface area contributed by atoms with Crippen molar-refractivity contribution in [3.8, 4) is 0 Å². The standard InChI is InChI=1S/C17H16O2/c1-13(15-5-3-2-4-6-15)7-8-14-9-11-16(12-10-14)17(18)19/h2-13H,1H3,(H,18,19). The van der Waals surface area contributed by atoms with Gasteiger partial charge in [-0.1, -0.05) is 61.5 Å². The summed E-state index contributed by atoms with van der Waals surface area (Å²) in [5.74, 6) is -0.562. The molecule has 0 saturated carbocycles. The molecule has 0 bridgehead atoms. The Labute approximate surface area is 113 Å². The molecule has 0 fully saturated rings. The molecule has 1 unspecified atom stereocenters. The number of rotatable bonds is 4. The topological polar surface area (TPSA) is 37.3 Å². The first-order valence-corrected chi connectivity index (χ1v) is 6.23. The SMILES string of the molecule is CC(C=Cc1ccc(C(=O)O)cc1)c1ccccc1. The van der Waals surface area contributed by atoms with Crippen molar-refractivity contribution in [1.82, 2.24) is 0 Å². The van der Waals surface area contributed by atoms with Crippen molar-refractivity contribution >= 4 is 12.0 Å². The normalized spacial score (nSPS) is 12.5. The molecule has 2 nitrogen and oxygen atoms in total. The van der Waals surface area contributed by atoms with E-state index in [4.69, 9.17) is 5.11 Å². The van der Waals surface area contributed by atoms with Crippen LogP contribution in [0.5, 0.6) is 0 Å². The zero-order valence-corrected chi connectivity index (χ0v) is 10.8. The van der Waals surface area contributed by atoms with Gasteiger partial charge in [0, 0.05) is 0 Å². The van der Waals surface area contributed by atoms with Crippen molar-refractivity contribution in [1.29, 1.82) is 0 Å². The first-order valence-electron chi connectivity index (χ1n) is 6.23. The summed E-state index contributed by atoms with van der Waals surface area (Å²) < 4.78 is 0. The highest BCUT2D eigenvalue weighted by molar-refractivity contribution is 5.87. The van der Waals surface area contributed by atoms with E-state index in [1.54, 1.807) is 12.1 Å². The number of hydrogen-bond donors (Lipinski definition) is 1. The van der Waals surface area contributed by atoms with Gasteiger partial charge in [-0.15, -0.1) is 0 Å². The molecule has 0 aromatic heterocycles. The van der Waals surface area contributed by atoms with E-state index in [2.05, 4.69) is 25.1 Å².